The third-order valence-electron chi connectivity index (χ3n) is 7.19. The Hall–Kier alpha value is -2.32. The second-order valence-electron chi connectivity index (χ2n) is 10.4. The summed E-state index contributed by atoms with van der Waals surface area (Å²) >= 11 is 0. The maximum Gasteiger partial charge on any atom is 0.309 e. The number of benzene rings is 1. The third kappa shape index (κ3) is 5.84. The van der Waals surface area contributed by atoms with E-state index in [1.807, 2.05) is 25.1 Å². The maximum atomic E-state index is 12.0. The van der Waals surface area contributed by atoms with Crippen LogP contribution in [0.25, 0.3) is 11.0 Å². The lowest BCUT2D eigenvalue weighted by Crippen LogP contribution is -2.44. The van der Waals surface area contributed by atoms with Crippen molar-refractivity contribution < 1.29 is 28.6 Å². The minimum absolute atomic E-state index is 0.0108. The molecule has 2 atom stereocenters. The summed E-state index contributed by atoms with van der Waals surface area (Å²) < 4.78 is 23.1. The summed E-state index contributed by atoms with van der Waals surface area (Å²) in [6.45, 7) is 10.7. The molecule has 0 spiro atoms. The highest BCUT2D eigenvalue weighted by Gasteiger charge is 2.42. The summed E-state index contributed by atoms with van der Waals surface area (Å²) in [5.74, 6) is 1.41. The number of carboxylic acid groups (broad SMARTS) is 1. The molecule has 0 aliphatic carbocycles. The lowest BCUT2D eigenvalue weighted by atomic mass is 9.75. The molecule has 0 saturated carbocycles. The van der Waals surface area contributed by atoms with Crippen LogP contribution in [-0.4, -0.2) is 66.7 Å². The van der Waals surface area contributed by atoms with Crippen molar-refractivity contribution >= 4 is 16.9 Å². The number of nitrogens with zero attached hydrogens (tertiary/aromatic N) is 2. The summed E-state index contributed by atoms with van der Waals surface area (Å²) in [5, 5.41) is 14.8. The average molecular weight is 475 g/mol. The zero-order valence-electron chi connectivity index (χ0n) is 20.6. The van der Waals surface area contributed by atoms with Gasteiger partial charge in [0.25, 0.3) is 5.88 Å². The summed E-state index contributed by atoms with van der Waals surface area (Å²) in [6.07, 6.45) is 3.93. The van der Waals surface area contributed by atoms with E-state index >= 15 is 0 Å². The molecule has 8 nitrogen and oxygen atoms in total. The van der Waals surface area contributed by atoms with Crippen LogP contribution < -0.4 is 9.47 Å². The van der Waals surface area contributed by atoms with E-state index in [9.17, 15) is 9.90 Å². The predicted octanol–water partition coefficient (Wildman–Crippen LogP) is 4.61. The largest absolute Gasteiger partial charge is 0.492 e. The average Bonchev–Trinajstić information content (AvgIpc) is 3.24. The van der Waals surface area contributed by atoms with Crippen LogP contribution in [0.1, 0.15) is 52.9 Å². The first-order chi connectivity index (χ1) is 16.4. The second-order valence-corrected chi connectivity index (χ2v) is 10.4. The third-order valence-corrected chi connectivity index (χ3v) is 7.19. The molecule has 0 bridgehead atoms. The molecule has 8 heteroatoms. The van der Waals surface area contributed by atoms with Crippen LogP contribution in [0.15, 0.2) is 22.7 Å². The Morgan fingerprint density at radius 1 is 1.29 bits per heavy atom. The number of aromatic nitrogens is 1. The van der Waals surface area contributed by atoms with Crippen LogP contribution >= 0.6 is 0 Å². The Balaban J connectivity index is 1.27. The standard InChI is InChI=1S/C26H38N2O6/c1-18(2)16-32-21-5-4-6-22-23(21)24(27-34-22)33-17-20-7-11-28(12-8-20)13-9-26(25(29)30)10-14-31-19(3)15-26/h4-6,18-20H,7-17H2,1-3H3,(H,29,30). The molecule has 2 saturated heterocycles. The Morgan fingerprint density at radius 3 is 2.79 bits per heavy atom. The van der Waals surface area contributed by atoms with E-state index in [4.69, 9.17) is 18.7 Å². The van der Waals surface area contributed by atoms with Crippen LogP contribution in [0.4, 0.5) is 0 Å². The number of aliphatic carboxylic acids is 1. The fourth-order valence-corrected chi connectivity index (χ4v) is 5.05. The zero-order valence-corrected chi connectivity index (χ0v) is 20.6. The van der Waals surface area contributed by atoms with E-state index in [-0.39, 0.29) is 6.10 Å². The summed E-state index contributed by atoms with van der Waals surface area (Å²) in [4.78, 5) is 14.4. The van der Waals surface area contributed by atoms with Crippen LogP contribution in [0, 0.1) is 17.3 Å². The monoisotopic (exact) mass is 474 g/mol. The number of ether oxygens (including phenoxy) is 3. The number of hydrogen-bond acceptors (Lipinski definition) is 7. The van der Waals surface area contributed by atoms with Gasteiger partial charge in [0, 0.05) is 6.61 Å². The van der Waals surface area contributed by atoms with Gasteiger partial charge in [-0.25, -0.2) is 0 Å². The molecule has 2 fully saturated rings. The van der Waals surface area contributed by atoms with Crippen molar-refractivity contribution in [3.05, 3.63) is 18.2 Å². The first-order valence-electron chi connectivity index (χ1n) is 12.6. The van der Waals surface area contributed by atoms with Gasteiger partial charge in [-0.15, -0.1) is 0 Å². The molecular weight excluding hydrogens is 436 g/mol. The van der Waals surface area contributed by atoms with Crippen molar-refractivity contribution in [3.63, 3.8) is 0 Å². The number of fused-ring (bicyclic) bond motifs is 1. The summed E-state index contributed by atoms with van der Waals surface area (Å²) in [7, 11) is 0. The molecule has 34 heavy (non-hydrogen) atoms. The highest BCUT2D eigenvalue weighted by Crippen LogP contribution is 2.38. The van der Waals surface area contributed by atoms with E-state index in [0.717, 1.165) is 43.6 Å². The molecule has 1 aromatic carbocycles. The topological polar surface area (TPSA) is 94.3 Å². The van der Waals surface area contributed by atoms with Gasteiger partial charge in [-0.2, -0.15) is 0 Å². The van der Waals surface area contributed by atoms with E-state index in [1.165, 1.54) is 0 Å². The number of carboxylic acids is 1. The van der Waals surface area contributed by atoms with Gasteiger partial charge in [-0.1, -0.05) is 19.9 Å². The Labute approximate surface area is 201 Å². The van der Waals surface area contributed by atoms with Gasteiger partial charge in [-0.05, 0) is 87.8 Å². The fourth-order valence-electron chi connectivity index (χ4n) is 5.05. The van der Waals surface area contributed by atoms with Crippen molar-refractivity contribution in [2.45, 2.75) is 59.0 Å². The van der Waals surface area contributed by atoms with Crippen molar-refractivity contribution in [1.29, 1.82) is 0 Å². The van der Waals surface area contributed by atoms with Gasteiger partial charge in [0.2, 0.25) is 0 Å². The molecule has 0 radical (unpaired) electrons. The molecule has 2 aliphatic rings. The zero-order chi connectivity index (χ0) is 24.1. The van der Waals surface area contributed by atoms with E-state index in [2.05, 4.69) is 23.9 Å². The molecule has 1 N–H and O–H groups in total. The predicted molar refractivity (Wildman–Crippen MR) is 128 cm³/mol. The minimum Gasteiger partial charge on any atom is -0.492 e. The van der Waals surface area contributed by atoms with Gasteiger partial charge in [0.1, 0.15) is 11.1 Å². The van der Waals surface area contributed by atoms with Gasteiger partial charge >= 0.3 is 5.97 Å². The minimum atomic E-state index is -0.678. The highest BCUT2D eigenvalue weighted by atomic mass is 16.5. The molecule has 4 rings (SSSR count). The number of likely N-dealkylation sites (tertiary alicyclic amines) is 1. The van der Waals surface area contributed by atoms with Gasteiger partial charge < -0.3 is 28.7 Å². The first kappa shape index (κ1) is 24.8. The molecule has 1 aromatic heterocycles. The number of carbonyl (C=O) groups is 1. The highest BCUT2D eigenvalue weighted by molar-refractivity contribution is 5.88. The molecule has 2 unspecified atom stereocenters. The molecule has 188 valence electrons. The SMILES string of the molecule is CC(C)COc1cccc2onc(OCC3CCN(CCC4(C(=O)O)CCOC(C)C4)CC3)c12. The van der Waals surface area contributed by atoms with Gasteiger partial charge in [0.05, 0.1) is 24.7 Å². The molecular formula is C26H38N2O6. The fraction of sp³-hybridized carbons (Fsp3) is 0.692. The normalized spacial score (nSPS) is 24.5. The van der Waals surface area contributed by atoms with E-state index < -0.39 is 11.4 Å². The summed E-state index contributed by atoms with van der Waals surface area (Å²) in [5.41, 5.74) is 0.0157. The first-order valence-corrected chi connectivity index (χ1v) is 12.6. The van der Waals surface area contributed by atoms with E-state index in [1.54, 1.807) is 0 Å². The molecule has 2 aliphatic heterocycles. The number of hydrogen-bond donors (Lipinski definition) is 1. The summed E-state index contributed by atoms with van der Waals surface area (Å²) in [6, 6.07) is 5.70. The van der Waals surface area contributed by atoms with Gasteiger partial charge in [-0.3, -0.25) is 4.79 Å². The van der Waals surface area contributed by atoms with Crippen LogP contribution in [0.3, 0.4) is 0 Å². The number of piperidine rings is 1. The smallest absolute Gasteiger partial charge is 0.309 e. The van der Waals surface area contributed by atoms with Crippen molar-refractivity contribution in [3.8, 4) is 11.6 Å². The lowest BCUT2D eigenvalue weighted by molar-refractivity contribution is -0.159. The second kappa shape index (κ2) is 11.0. The molecule has 2 aromatic rings. The Morgan fingerprint density at radius 2 is 2.09 bits per heavy atom. The van der Waals surface area contributed by atoms with Crippen molar-refractivity contribution in [2.24, 2.45) is 17.3 Å². The van der Waals surface area contributed by atoms with Crippen molar-refractivity contribution in [1.82, 2.24) is 10.1 Å². The quantitative estimate of drug-likeness (QED) is 0.533. The van der Waals surface area contributed by atoms with Crippen LogP contribution in [0.2, 0.25) is 0 Å². The number of rotatable bonds is 10. The lowest BCUT2D eigenvalue weighted by Gasteiger charge is -2.39. The van der Waals surface area contributed by atoms with Crippen molar-refractivity contribution in [2.75, 3.05) is 39.5 Å². The van der Waals surface area contributed by atoms with Gasteiger partial charge in [0.15, 0.2) is 5.58 Å². The van der Waals surface area contributed by atoms with Crippen LogP contribution in [-0.2, 0) is 9.53 Å². The Bertz CT molecular complexity index is 952. The Kier molecular flexibility index (Phi) is 7.99. The van der Waals surface area contributed by atoms with E-state index in [0.29, 0.717) is 62.4 Å². The molecule has 3 heterocycles. The molecule has 0 amide bonds. The van der Waals surface area contributed by atoms with Crippen LogP contribution in [0.5, 0.6) is 11.6 Å². The maximum absolute atomic E-state index is 12.0.